The summed E-state index contributed by atoms with van der Waals surface area (Å²) >= 11 is 3.41. The number of halogens is 1. The quantitative estimate of drug-likeness (QED) is 0.657. The highest BCUT2D eigenvalue weighted by Gasteiger charge is 2.23. The molecule has 20 heavy (non-hydrogen) atoms. The molecule has 1 N–H and O–H groups in total. The predicted octanol–water partition coefficient (Wildman–Crippen LogP) is 3.56. The molecule has 0 spiro atoms. The van der Waals surface area contributed by atoms with E-state index >= 15 is 0 Å². The van der Waals surface area contributed by atoms with Crippen LogP contribution in [-0.2, 0) is 0 Å². The third kappa shape index (κ3) is 3.30. The minimum atomic E-state index is -0.348. The van der Waals surface area contributed by atoms with Gasteiger partial charge in [0.2, 0.25) is 0 Å². The number of anilines is 1. The third-order valence-electron chi connectivity index (χ3n) is 3.92. The lowest BCUT2D eigenvalue weighted by Gasteiger charge is -2.23. The second kappa shape index (κ2) is 6.54. The average molecular weight is 342 g/mol. The molecule has 1 fully saturated rings. The largest absolute Gasteiger partial charge is 0.383 e. The van der Waals surface area contributed by atoms with Crippen molar-refractivity contribution >= 4 is 27.3 Å². The Morgan fingerprint density at radius 3 is 2.95 bits per heavy atom. The van der Waals surface area contributed by atoms with E-state index in [4.69, 9.17) is 0 Å². The monoisotopic (exact) mass is 341 g/mol. The fourth-order valence-electron chi connectivity index (χ4n) is 2.77. The van der Waals surface area contributed by atoms with E-state index in [0.29, 0.717) is 11.6 Å². The van der Waals surface area contributed by atoms with Crippen molar-refractivity contribution in [2.75, 3.05) is 25.0 Å². The first kappa shape index (κ1) is 15.3. The molecule has 0 aliphatic carbocycles. The molecule has 1 aliphatic rings. The van der Waals surface area contributed by atoms with E-state index in [1.807, 2.05) is 6.07 Å². The van der Waals surface area contributed by atoms with E-state index in [0.717, 1.165) is 23.2 Å². The summed E-state index contributed by atoms with van der Waals surface area (Å²) in [6, 6.07) is 3.97. The predicted molar refractivity (Wildman–Crippen MR) is 84.3 cm³/mol. The number of nitrogens with one attached hydrogen (secondary N) is 1. The van der Waals surface area contributed by atoms with Gasteiger partial charge in [0.1, 0.15) is 0 Å². The highest BCUT2D eigenvalue weighted by Crippen LogP contribution is 2.31. The van der Waals surface area contributed by atoms with Gasteiger partial charge in [0.15, 0.2) is 0 Å². The molecule has 0 bridgehead atoms. The average Bonchev–Trinajstić information content (AvgIpc) is 2.86. The molecule has 2 rings (SSSR count). The maximum Gasteiger partial charge on any atom is 0.273 e. The SMILES string of the molecule is CCN1CCCC1CNc1cc(C)c([N+](=O)[O-])cc1Br. The van der Waals surface area contributed by atoms with Crippen LogP contribution in [-0.4, -0.2) is 35.5 Å². The number of hydrogen-bond acceptors (Lipinski definition) is 4. The number of aryl methyl sites for hydroxylation is 1. The van der Waals surface area contributed by atoms with Crippen LogP contribution in [0.15, 0.2) is 16.6 Å². The summed E-state index contributed by atoms with van der Waals surface area (Å²) in [6.45, 7) is 7.08. The molecule has 0 aromatic heterocycles. The lowest BCUT2D eigenvalue weighted by molar-refractivity contribution is -0.385. The molecule has 1 aromatic rings. The van der Waals surface area contributed by atoms with Crippen molar-refractivity contribution in [3.63, 3.8) is 0 Å². The van der Waals surface area contributed by atoms with Crippen LogP contribution in [0.3, 0.4) is 0 Å². The number of hydrogen-bond donors (Lipinski definition) is 1. The maximum atomic E-state index is 10.9. The zero-order valence-corrected chi connectivity index (χ0v) is 13.4. The van der Waals surface area contributed by atoms with Gasteiger partial charge in [0.25, 0.3) is 5.69 Å². The molecular weight excluding hydrogens is 322 g/mol. The highest BCUT2D eigenvalue weighted by molar-refractivity contribution is 9.10. The van der Waals surface area contributed by atoms with Gasteiger partial charge in [-0.15, -0.1) is 0 Å². The summed E-state index contributed by atoms with van der Waals surface area (Å²) in [6.07, 6.45) is 2.46. The molecule has 5 nitrogen and oxygen atoms in total. The van der Waals surface area contributed by atoms with Crippen molar-refractivity contribution in [2.24, 2.45) is 0 Å². The van der Waals surface area contributed by atoms with Crippen LogP contribution in [0.4, 0.5) is 11.4 Å². The molecule has 1 atom stereocenters. The zero-order chi connectivity index (χ0) is 14.7. The van der Waals surface area contributed by atoms with Gasteiger partial charge in [-0.05, 0) is 54.9 Å². The fourth-order valence-corrected chi connectivity index (χ4v) is 3.25. The Hall–Kier alpha value is -1.14. The van der Waals surface area contributed by atoms with Crippen molar-refractivity contribution < 1.29 is 4.92 Å². The number of nitro groups is 1. The van der Waals surface area contributed by atoms with Crippen molar-refractivity contribution in [3.8, 4) is 0 Å². The number of nitrogens with zero attached hydrogens (tertiary/aromatic N) is 2. The van der Waals surface area contributed by atoms with Gasteiger partial charge >= 0.3 is 0 Å². The van der Waals surface area contributed by atoms with Crippen LogP contribution in [0.2, 0.25) is 0 Å². The van der Waals surface area contributed by atoms with E-state index in [2.05, 4.69) is 33.1 Å². The Bertz CT molecular complexity index is 507. The summed E-state index contributed by atoms with van der Waals surface area (Å²) in [4.78, 5) is 13.0. The first-order valence-electron chi connectivity index (χ1n) is 6.95. The smallest absolute Gasteiger partial charge is 0.273 e. The molecule has 0 radical (unpaired) electrons. The van der Waals surface area contributed by atoms with Crippen LogP contribution in [0.5, 0.6) is 0 Å². The van der Waals surface area contributed by atoms with Gasteiger partial charge in [-0.2, -0.15) is 0 Å². The van der Waals surface area contributed by atoms with Crippen LogP contribution in [0.25, 0.3) is 0 Å². The summed E-state index contributed by atoms with van der Waals surface area (Å²) in [7, 11) is 0. The molecule has 6 heteroatoms. The molecule has 0 saturated carbocycles. The summed E-state index contributed by atoms with van der Waals surface area (Å²) in [5, 5.41) is 14.3. The molecule has 0 amide bonds. The van der Waals surface area contributed by atoms with E-state index < -0.39 is 0 Å². The minimum Gasteiger partial charge on any atom is -0.383 e. The van der Waals surface area contributed by atoms with Crippen molar-refractivity contribution in [1.82, 2.24) is 4.90 Å². The van der Waals surface area contributed by atoms with Gasteiger partial charge in [-0.1, -0.05) is 6.92 Å². The second-order valence-electron chi connectivity index (χ2n) is 5.18. The molecule has 1 aromatic carbocycles. The lowest BCUT2D eigenvalue weighted by Crippen LogP contribution is -2.34. The molecule has 1 unspecified atom stereocenters. The van der Waals surface area contributed by atoms with E-state index in [-0.39, 0.29) is 10.6 Å². The van der Waals surface area contributed by atoms with E-state index in [9.17, 15) is 10.1 Å². The maximum absolute atomic E-state index is 10.9. The first-order chi connectivity index (χ1) is 9.52. The molecule has 110 valence electrons. The van der Waals surface area contributed by atoms with Crippen LogP contribution in [0.1, 0.15) is 25.3 Å². The minimum absolute atomic E-state index is 0.151. The van der Waals surface area contributed by atoms with Gasteiger partial charge in [-0.25, -0.2) is 0 Å². The first-order valence-corrected chi connectivity index (χ1v) is 7.74. The fraction of sp³-hybridized carbons (Fsp3) is 0.571. The normalized spacial score (nSPS) is 19.2. The standard InChI is InChI=1S/C14H20BrN3O2/c1-3-17-6-4-5-11(17)9-16-13-7-10(2)14(18(19)20)8-12(13)15/h7-8,11,16H,3-6,9H2,1-2H3. The number of rotatable bonds is 5. The van der Waals surface area contributed by atoms with Crippen molar-refractivity contribution in [3.05, 3.63) is 32.3 Å². The summed E-state index contributed by atoms with van der Waals surface area (Å²) in [5.41, 5.74) is 1.76. The van der Waals surface area contributed by atoms with Crippen molar-refractivity contribution in [2.45, 2.75) is 32.7 Å². The molecule has 1 aliphatic heterocycles. The topological polar surface area (TPSA) is 58.4 Å². The van der Waals surface area contributed by atoms with Gasteiger partial charge in [0, 0.05) is 34.4 Å². The zero-order valence-electron chi connectivity index (χ0n) is 11.9. The van der Waals surface area contributed by atoms with Crippen LogP contribution >= 0.6 is 15.9 Å². The second-order valence-corrected chi connectivity index (χ2v) is 6.04. The van der Waals surface area contributed by atoms with Crippen LogP contribution < -0.4 is 5.32 Å². The summed E-state index contributed by atoms with van der Waals surface area (Å²) < 4.78 is 0.746. The van der Waals surface area contributed by atoms with Gasteiger partial charge < -0.3 is 5.32 Å². The van der Waals surface area contributed by atoms with Gasteiger partial charge in [-0.3, -0.25) is 15.0 Å². The number of benzene rings is 1. The number of likely N-dealkylation sites (tertiary alicyclic amines) is 1. The molecule has 1 saturated heterocycles. The van der Waals surface area contributed by atoms with E-state index in [1.54, 1.807) is 13.0 Å². The van der Waals surface area contributed by atoms with Crippen LogP contribution in [0, 0.1) is 17.0 Å². The van der Waals surface area contributed by atoms with Gasteiger partial charge in [0.05, 0.1) is 4.92 Å². The number of nitro benzene ring substituents is 1. The molecule has 1 heterocycles. The number of likely N-dealkylation sites (N-methyl/N-ethyl adjacent to an activating group) is 1. The Kier molecular flexibility index (Phi) is 4.99. The molecular formula is C14H20BrN3O2. The Morgan fingerprint density at radius 2 is 2.30 bits per heavy atom. The Morgan fingerprint density at radius 1 is 1.55 bits per heavy atom. The summed E-state index contributed by atoms with van der Waals surface area (Å²) in [5.74, 6) is 0. The lowest BCUT2D eigenvalue weighted by atomic mass is 10.1. The Labute approximate surface area is 127 Å². The van der Waals surface area contributed by atoms with Crippen molar-refractivity contribution in [1.29, 1.82) is 0 Å². The third-order valence-corrected chi connectivity index (χ3v) is 4.57. The highest BCUT2D eigenvalue weighted by atomic mass is 79.9. The van der Waals surface area contributed by atoms with E-state index in [1.165, 1.54) is 19.4 Å². The Balaban J connectivity index is 2.06.